The molecular formula is C40H30N4. The molecule has 0 saturated heterocycles. The van der Waals surface area contributed by atoms with E-state index in [1.54, 1.807) is 0 Å². The second-order valence-electron chi connectivity index (χ2n) is 11.7. The molecule has 0 radical (unpaired) electrons. The maximum absolute atomic E-state index is 5.26. The Morgan fingerprint density at radius 1 is 0.455 bits per heavy atom. The Kier molecular flexibility index (Phi) is 5.73. The number of aryl methyl sites for hydroxylation is 1. The predicted molar refractivity (Wildman–Crippen MR) is 181 cm³/mol. The summed E-state index contributed by atoms with van der Waals surface area (Å²) in [4.78, 5) is 10.5. The van der Waals surface area contributed by atoms with Crippen LogP contribution in [0.3, 0.4) is 0 Å². The van der Waals surface area contributed by atoms with E-state index in [9.17, 15) is 0 Å². The zero-order valence-corrected chi connectivity index (χ0v) is 24.3. The van der Waals surface area contributed by atoms with Crippen LogP contribution < -0.4 is 0 Å². The molecule has 8 aromatic rings. The van der Waals surface area contributed by atoms with Crippen LogP contribution in [0.25, 0.3) is 66.9 Å². The Labute approximate surface area is 255 Å². The molecule has 0 amide bonds. The van der Waals surface area contributed by atoms with Gasteiger partial charge in [-0.3, -0.25) is 9.13 Å². The van der Waals surface area contributed by atoms with E-state index in [4.69, 9.17) is 9.97 Å². The number of hydrogen-bond donors (Lipinski definition) is 0. The van der Waals surface area contributed by atoms with Crippen LogP contribution in [0.5, 0.6) is 0 Å². The number of nitrogens with zero attached hydrogens (tertiary/aromatic N) is 4. The molecule has 0 aliphatic heterocycles. The molecule has 4 heteroatoms. The molecule has 4 aromatic carbocycles. The van der Waals surface area contributed by atoms with E-state index in [0.29, 0.717) is 0 Å². The van der Waals surface area contributed by atoms with Crippen molar-refractivity contribution in [3.8, 4) is 34.2 Å². The first-order chi connectivity index (χ1) is 21.8. The van der Waals surface area contributed by atoms with Crippen LogP contribution in [0.4, 0.5) is 0 Å². The second-order valence-corrected chi connectivity index (χ2v) is 11.7. The van der Waals surface area contributed by atoms with Gasteiger partial charge in [0.15, 0.2) is 0 Å². The summed E-state index contributed by atoms with van der Waals surface area (Å²) in [5.41, 5.74) is 10.7. The fraction of sp³-hybridized carbons (Fsp3) is 0.100. The maximum atomic E-state index is 5.26. The minimum absolute atomic E-state index is 0.937. The number of pyridine rings is 2. The number of aromatic nitrogens is 4. The largest absolute Gasteiger partial charge is 0.298 e. The van der Waals surface area contributed by atoms with Crippen molar-refractivity contribution in [1.29, 1.82) is 0 Å². The van der Waals surface area contributed by atoms with Crippen molar-refractivity contribution >= 4 is 32.7 Å². The summed E-state index contributed by atoms with van der Waals surface area (Å²) in [5, 5.41) is 3.83. The summed E-state index contributed by atoms with van der Waals surface area (Å²) < 4.78 is 4.83. The van der Waals surface area contributed by atoms with Crippen LogP contribution in [0.2, 0.25) is 0 Å². The lowest BCUT2D eigenvalue weighted by atomic mass is 9.94. The Balaban J connectivity index is 1.36. The maximum Gasteiger partial charge on any atom is 0.138 e. The first-order valence-corrected chi connectivity index (χ1v) is 15.5. The molecule has 4 aromatic heterocycles. The van der Waals surface area contributed by atoms with Gasteiger partial charge in [-0.25, -0.2) is 9.97 Å². The van der Waals surface area contributed by atoms with Crippen LogP contribution in [-0.2, 0) is 12.8 Å². The summed E-state index contributed by atoms with van der Waals surface area (Å²) in [7, 11) is 0. The molecule has 0 atom stereocenters. The Morgan fingerprint density at radius 3 is 1.77 bits per heavy atom. The van der Waals surface area contributed by atoms with Gasteiger partial charge in [0.2, 0.25) is 0 Å². The molecule has 1 aliphatic carbocycles. The summed E-state index contributed by atoms with van der Waals surface area (Å²) in [6.45, 7) is 0. The highest BCUT2D eigenvalue weighted by Gasteiger charge is 2.26. The van der Waals surface area contributed by atoms with Crippen molar-refractivity contribution in [3.05, 3.63) is 145 Å². The molecule has 0 bridgehead atoms. The molecule has 0 N–H and O–H groups in total. The zero-order valence-electron chi connectivity index (χ0n) is 24.3. The standard InChI is InChI=1S/C40H30N4/c1-3-13-27(14-4-1)32-19-11-23-37(41-32)43-35-22-10-8-18-31(35)39-36(43)26-25-30-29-17-7-9-21-34(29)44(40(30)39)38-24-12-20-33(42-38)28-15-5-2-6-16-28/h1-7,9,11-17,19-21,23-26H,8,10,18,22H2. The third-order valence-corrected chi connectivity index (χ3v) is 9.13. The Hall–Kier alpha value is -5.48. The van der Waals surface area contributed by atoms with Crippen molar-refractivity contribution in [1.82, 2.24) is 19.1 Å². The predicted octanol–water partition coefficient (Wildman–Crippen LogP) is 9.73. The molecule has 0 spiro atoms. The Morgan fingerprint density at radius 2 is 1.07 bits per heavy atom. The molecule has 0 fully saturated rings. The van der Waals surface area contributed by atoms with E-state index in [0.717, 1.165) is 47.0 Å². The van der Waals surface area contributed by atoms with E-state index in [1.165, 1.54) is 56.8 Å². The highest BCUT2D eigenvalue weighted by atomic mass is 15.1. The molecule has 4 heterocycles. The average Bonchev–Trinajstić information content (AvgIpc) is 3.62. The van der Waals surface area contributed by atoms with E-state index in [1.807, 2.05) is 0 Å². The third kappa shape index (κ3) is 3.84. The number of fused-ring (bicyclic) bond motifs is 7. The molecule has 1 aliphatic rings. The van der Waals surface area contributed by atoms with Gasteiger partial charge in [0.05, 0.1) is 27.9 Å². The molecule has 0 unspecified atom stereocenters. The lowest BCUT2D eigenvalue weighted by Gasteiger charge is -2.16. The van der Waals surface area contributed by atoms with Crippen molar-refractivity contribution < 1.29 is 0 Å². The normalized spacial score (nSPS) is 13.1. The van der Waals surface area contributed by atoms with Gasteiger partial charge >= 0.3 is 0 Å². The number of rotatable bonds is 4. The van der Waals surface area contributed by atoms with Crippen LogP contribution in [0.1, 0.15) is 24.1 Å². The number of hydrogen-bond acceptors (Lipinski definition) is 2. The first kappa shape index (κ1) is 25.1. The van der Waals surface area contributed by atoms with Crippen molar-refractivity contribution in [3.63, 3.8) is 0 Å². The monoisotopic (exact) mass is 566 g/mol. The van der Waals surface area contributed by atoms with Crippen molar-refractivity contribution in [2.24, 2.45) is 0 Å². The van der Waals surface area contributed by atoms with Gasteiger partial charge in [-0.05, 0) is 67.6 Å². The molecular weight excluding hydrogens is 536 g/mol. The zero-order chi connectivity index (χ0) is 29.0. The number of benzene rings is 4. The fourth-order valence-electron chi connectivity index (χ4n) is 7.22. The van der Waals surface area contributed by atoms with E-state index in [2.05, 4.69) is 143 Å². The van der Waals surface area contributed by atoms with Crippen molar-refractivity contribution in [2.45, 2.75) is 25.7 Å². The second kappa shape index (κ2) is 10.1. The highest BCUT2D eigenvalue weighted by molar-refractivity contribution is 6.19. The minimum atomic E-state index is 0.937. The van der Waals surface area contributed by atoms with E-state index >= 15 is 0 Å². The molecule has 210 valence electrons. The third-order valence-electron chi connectivity index (χ3n) is 9.13. The van der Waals surface area contributed by atoms with Gasteiger partial charge in [0.1, 0.15) is 11.6 Å². The van der Waals surface area contributed by atoms with Crippen LogP contribution >= 0.6 is 0 Å². The van der Waals surface area contributed by atoms with Gasteiger partial charge in [0.25, 0.3) is 0 Å². The van der Waals surface area contributed by atoms with Crippen LogP contribution in [0, 0.1) is 0 Å². The fourth-order valence-corrected chi connectivity index (χ4v) is 7.22. The summed E-state index contributed by atoms with van der Waals surface area (Å²) in [5.74, 6) is 1.91. The van der Waals surface area contributed by atoms with Gasteiger partial charge in [-0.2, -0.15) is 0 Å². The van der Waals surface area contributed by atoms with E-state index < -0.39 is 0 Å². The topological polar surface area (TPSA) is 35.6 Å². The van der Waals surface area contributed by atoms with Gasteiger partial charge in [-0.1, -0.05) is 97.1 Å². The quantitative estimate of drug-likeness (QED) is 0.213. The highest BCUT2D eigenvalue weighted by Crippen LogP contribution is 2.42. The van der Waals surface area contributed by atoms with Crippen LogP contribution in [-0.4, -0.2) is 19.1 Å². The number of para-hydroxylation sites is 1. The lowest BCUT2D eigenvalue weighted by Crippen LogP contribution is -2.08. The smallest absolute Gasteiger partial charge is 0.138 e. The van der Waals surface area contributed by atoms with Gasteiger partial charge < -0.3 is 0 Å². The average molecular weight is 567 g/mol. The van der Waals surface area contributed by atoms with Crippen LogP contribution in [0.15, 0.2) is 133 Å². The molecule has 4 nitrogen and oxygen atoms in total. The summed E-state index contributed by atoms with van der Waals surface area (Å²) in [6, 6.07) is 47.1. The van der Waals surface area contributed by atoms with Gasteiger partial charge in [0, 0.05) is 33.0 Å². The molecule has 0 saturated carbocycles. The first-order valence-electron chi connectivity index (χ1n) is 15.5. The summed E-state index contributed by atoms with van der Waals surface area (Å²) >= 11 is 0. The van der Waals surface area contributed by atoms with Crippen molar-refractivity contribution in [2.75, 3.05) is 0 Å². The Bertz CT molecular complexity index is 2330. The lowest BCUT2D eigenvalue weighted by molar-refractivity contribution is 0.665. The minimum Gasteiger partial charge on any atom is -0.298 e. The molecule has 44 heavy (non-hydrogen) atoms. The van der Waals surface area contributed by atoms with E-state index in [-0.39, 0.29) is 0 Å². The van der Waals surface area contributed by atoms with Gasteiger partial charge in [-0.15, -0.1) is 0 Å². The SMILES string of the molecule is c1ccc(-c2cccc(-n3c4c(c5c3ccc3c6ccccc6n(-c6cccc(-c7ccccc7)n6)c35)CCCC4)n2)cc1. The summed E-state index contributed by atoms with van der Waals surface area (Å²) in [6.07, 6.45) is 4.50. The molecule has 9 rings (SSSR count).